The molecule has 0 aliphatic heterocycles. The number of tetrazole rings is 1. The summed E-state index contributed by atoms with van der Waals surface area (Å²) in [5, 5.41) is 32.3. The topological polar surface area (TPSA) is 111 Å². The first-order valence-electron chi connectivity index (χ1n) is 7.21. The van der Waals surface area contributed by atoms with Gasteiger partial charge in [-0.1, -0.05) is 6.07 Å². The predicted octanol–water partition coefficient (Wildman–Crippen LogP) is 3.21. The van der Waals surface area contributed by atoms with Crippen molar-refractivity contribution >= 4 is 17.4 Å². The summed E-state index contributed by atoms with van der Waals surface area (Å²) >= 11 is 1.18. The lowest BCUT2D eigenvalue weighted by Gasteiger charge is -2.07. The second-order valence-corrected chi connectivity index (χ2v) is 6.38. The molecule has 0 fully saturated rings. The number of nitriles is 1. The molecule has 0 spiro atoms. The number of nitro groups is 1. The Balaban J connectivity index is 2.00. The maximum Gasteiger partial charge on any atom is 0.270 e. The second kappa shape index (κ2) is 6.70. The molecule has 0 radical (unpaired) electrons. The maximum atomic E-state index is 10.9. The van der Waals surface area contributed by atoms with Crippen LogP contribution in [0.4, 0.5) is 5.69 Å². The quantitative estimate of drug-likeness (QED) is 0.523. The summed E-state index contributed by atoms with van der Waals surface area (Å²) in [5.74, 6) is 0. The highest BCUT2D eigenvalue weighted by atomic mass is 32.2. The summed E-state index contributed by atoms with van der Waals surface area (Å²) in [6.07, 6.45) is 0. The molecule has 1 aromatic heterocycles. The van der Waals surface area contributed by atoms with Crippen molar-refractivity contribution in [3.63, 3.8) is 0 Å². The van der Waals surface area contributed by atoms with Gasteiger partial charge in [-0.25, -0.2) is 0 Å². The van der Waals surface area contributed by atoms with E-state index in [2.05, 4.69) is 15.5 Å². The molecule has 2 aromatic carbocycles. The maximum absolute atomic E-state index is 10.9. The van der Waals surface area contributed by atoms with Crippen LogP contribution in [0.1, 0.15) is 16.7 Å². The van der Waals surface area contributed by atoms with Crippen molar-refractivity contribution in [3.8, 4) is 11.8 Å². The Hall–Kier alpha value is -3.25. The van der Waals surface area contributed by atoms with E-state index in [9.17, 15) is 15.4 Å². The number of aryl methyl sites for hydroxylation is 2. The molecule has 25 heavy (non-hydrogen) atoms. The van der Waals surface area contributed by atoms with E-state index < -0.39 is 4.92 Å². The van der Waals surface area contributed by atoms with Gasteiger partial charge in [0.2, 0.25) is 5.16 Å². The van der Waals surface area contributed by atoms with Gasteiger partial charge in [-0.15, -0.1) is 5.10 Å². The van der Waals surface area contributed by atoms with Gasteiger partial charge in [-0.2, -0.15) is 9.94 Å². The first-order chi connectivity index (χ1) is 12.0. The second-order valence-electron chi connectivity index (χ2n) is 5.37. The van der Waals surface area contributed by atoms with Crippen molar-refractivity contribution in [2.24, 2.45) is 0 Å². The van der Waals surface area contributed by atoms with Crippen LogP contribution < -0.4 is 0 Å². The Morgan fingerprint density at radius 2 is 1.92 bits per heavy atom. The Labute approximate surface area is 147 Å². The molecule has 0 unspecified atom stereocenters. The third kappa shape index (κ3) is 3.49. The van der Waals surface area contributed by atoms with Crippen LogP contribution in [0.25, 0.3) is 5.69 Å². The Morgan fingerprint density at radius 3 is 2.56 bits per heavy atom. The molecule has 0 saturated heterocycles. The van der Waals surface area contributed by atoms with Gasteiger partial charge >= 0.3 is 0 Å². The normalized spacial score (nSPS) is 10.4. The van der Waals surface area contributed by atoms with E-state index in [4.69, 9.17) is 0 Å². The standard InChI is InChI=1S/C16H12N6O2S/c1-10-5-11(2)7-14(6-10)21-16(18-19-20-21)25-15-4-3-13(22(23)24)8-12(15)9-17/h3-8H,1-2H3. The monoisotopic (exact) mass is 352 g/mol. The third-order valence-corrected chi connectivity index (χ3v) is 4.40. The van der Waals surface area contributed by atoms with Crippen LogP contribution in [0.15, 0.2) is 46.5 Å². The zero-order valence-corrected chi connectivity index (χ0v) is 14.2. The Bertz CT molecular complexity index is 988. The zero-order valence-electron chi connectivity index (χ0n) is 13.4. The highest BCUT2D eigenvalue weighted by Crippen LogP contribution is 2.32. The molecule has 0 N–H and O–H groups in total. The number of nitrogens with zero attached hydrogens (tertiary/aromatic N) is 6. The molecule has 124 valence electrons. The van der Waals surface area contributed by atoms with Crippen molar-refractivity contribution in [2.75, 3.05) is 0 Å². The molecule has 3 aromatic rings. The molecule has 1 heterocycles. The first-order valence-corrected chi connectivity index (χ1v) is 8.03. The number of hydrogen-bond donors (Lipinski definition) is 0. The number of rotatable bonds is 4. The van der Waals surface area contributed by atoms with Gasteiger partial charge in [0, 0.05) is 17.0 Å². The largest absolute Gasteiger partial charge is 0.270 e. The zero-order chi connectivity index (χ0) is 18.0. The van der Waals surface area contributed by atoms with E-state index in [-0.39, 0.29) is 11.3 Å². The van der Waals surface area contributed by atoms with E-state index in [1.165, 1.54) is 30.0 Å². The Morgan fingerprint density at radius 1 is 1.20 bits per heavy atom. The molecule has 0 bridgehead atoms. The molecule has 3 rings (SSSR count). The molecule has 0 aliphatic carbocycles. The number of benzene rings is 2. The van der Waals surface area contributed by atoms with Gasteiger partial charge < -0.3 is 0 Å². The first kappa shape index (κ1) is 16.6. The number of non-ortho nitro benzene ring substituents is 1. The van der Waals surface area contributed by atoms with Crippen LogP contribution in [0.3, 0.4) is 0 Å². The van der Waals surface area contributed by atoms with Crippen molar-refractivity contribution in [1.82, 2.24) is 20.2 Å². The van der Waals surface area contributed by atoms with E-state index in [1.807, 2.05) is 38.1 Å². The summed E-state index contributed by atoms with van der Waals surface area (Å²) in [6.45, 7) is 3.97. The van der Waals surface area contributed by atoms with Crippen LogP contribution >= 0.6 is 11.8 Å². The van der Waals surface area contributed by atoms with Gasteiger partial charge in [0.1, 0.15) is 6.07 Å². The van der Waals surface area contributed by atoms with E-state index in [1.54, 1.807) is 4.68 Å². The average Bonchev–Trinajstić information content (AvgIpc) is 3.02. The highest BCUT2D eigenvalue weighted by molar-refractivity contribution is 7.99. The summed E-state index contributed by atoms with van der Waals surface area (Å²) < 4.78 is 1.58. The summed E-state index contributed by atoms with van der Waals surface area (Å²) in [7, 11) is 0. The van der Waals surface area contributed by atoms with Gasteiger partial charge in [0.25, 0.3) is 5.69 Å². The fourth-order valence-electron chi connectivity index (χ4n) is 2.38. The average molecular weight is 352 g/mol. The molecule has 0 aliphatic rings. The van der Waals surface area contributed by atoms with Crippen LogP contribution in [-0.2, 0) is 0 Å². The summed E-state index contributed by atoms with van der Waals surface area (Å²) in [5.41, 5.74) is 3.04. The fourth-order valence-corrected chi connectivity index (χ4v) is 3.24. The fraction of sp³-hybridized carbons (Fsp3) is 0.125. The van der Waals surface area contributed by atoms with Crippen LogP contribution in [0, 0.1) is 35.3 Å². The predicted molar refractivity (Wildman–Crippen MR) is 90.6 cm³/mol. The number of hydrogen-bond acceptors (Lipinski definition) is 7. The molecule has 0 atom stereocenters. The van der Waals surface area contributed by atoms with Gasteiger partial charge in [-0.05, 0) is 65.4 Å². The minimum Gasteiger partial charge on any atom is -0.258 e. The molecule has 9 heteroatoms. The number of nitro benzene ring substituents is 1. The lowest BCUT2D eigenvalue weighted by atomic mass is 10.1. The SMILES string of the molecule is Cc1cc(C)cc(-n2nnnc2Sc2ccc([N+](=O)[O-])cc2C#N)c1. The van der Waals surface area contributed by atoms with Crippen LogP contribution in [0.2, 0.25) is 0 Å². The van der Waals surface area contributed by atoms with Crippen molar-refractivity contribution in [2.45, 2.75) is 23.9 Å². The summed E-state index contributed by atoms with van der Waals surface area (Å²) in [4.78, 5) is 10.9. The van der Waals surface area contributed by atoms with Gasteiger partial charge in [0.05, 0.1) is 16.2 Å². The highest BCUT2D eigenvalue weighted by Gasteiger charge is 2.16. The molecule has 0 amide bonds. The van der Waals surface area contributed by atoms with Crippen molar-refractivity contribution < 1.29 is 4.92 Å². The Kier molecular flexibility index (Phi) is 4.45. The van der Waals surface area contributed by atoms with E-state index in [0.29, 0.717) is 10.1 Å². The van der Waals surface area contributed by atoms with Crippen LogP contribution in [-0.4, -0.2) is 25.1 Å². The smallest absolute Gasteiger partial charge is 0.258 e. The minimum absolute atomic E-state index is 0.130. The van der Waals surface area contributed by atoms with Crippen molar-refractivity contribution in [3.05, 3.63) is 63.2 Å². The molecular weight excluding hydrogens is 340 g/mol. The van der Waals surface area contributed by atoms with E-state index >= 15 is 0 Å². The van der Waals surface area contributed by atoms with Gasteiger partial charge in [0.15, 0.2) is 0 Å². The molecule has 0 saturated carbocycles. The lowest BCUT2D eigenvalue weighted by molar-refractivity contribution is -0.384. The van der Waals surface area contributed by atoms with E-state index in [0.717, 1.165) is 16.8 Å². The minimum atomic E-state index is -0.533. The summed E-state index contributed by atoms with van der Waals surface area (Å²) in [6, 6.07) is 12.1. The molecule has 8 nitrogen and oxygen atoms in total. The number of aromatic nitrogens is 4. The molecular formula is C16H12N6O2S. The van der Waals surface area contributed by atoms with Crippen LogP contribution in [0.5, 0.6) is 0 Å². The lowest BCUT2D eigenvalue weighted by Crippen LogP contribution is -2.00. The van der Waals surface area contributed by atoms with Gasteiger partial charge in [-0.3, -0.25) is 10.1 Å². The van der Waals surface area contributed by atoms with Crippen molar-refractivity contribution in [1.29, 1.82) is 5.26 Å². The third-order valence-electron chi connectivity index (χ3n) is 3.39.